The molecule has 0 bridgehead atoms. The summed E-state index contributed by atoms with van der Waals surface area (Å²) in [5.74, 6) is 0.408. The number of hydrogen-bond acceptors (Lipinski definition) is 4. The highest BCUT2D eigenvalue weighted by Gasteiger charge is 2.31. The van der Waals surface area contributed by atoms with Crippen molar-refractivity contribution in [2.75, 3.05) is 25.6 Å². The van der Waals surface area contributed by atoms with Crippen molar-refractivity contribution >= 4 is 11.6 Å². The van der Waals surface area contributed by atoms with E-state index in [4.69, 9.17) is 15.2 Å². The van der Waals surface area contributed by atoms with Crippen LogP contribution >= 0.6 is 0 Å². The molecule has 0 aromatic heterocycles. The number of aryl methyl sites for hydroxylation is 1. The van der Waals surface area contributed by atoms with Crippen molar-refractivity contribution in [1.29, 1.82) is 0 Å². The molecule has 0 radical (unpaired) electrons. The Morgan fingerprint density at radius 3 is 2.83 bits per heavy atom. The van der Waals surface area contributed by atoms with Gasteiger partial charge in [0.05, 0.1) is 26.2 Å². The Morgan fingerprint density at radius 2 is 2.28 bits per heavy atom. The first-order valence-corrected chi connectivity index (χ1v) is 5.90. The first-order valence-electron chi connectivity index (χ1n) is 5.90. The van der Waals surface area contributed by atoms with Crippen LogP contribution < -0.4 is 15.8 Å². The molecule has 1 aromatic carbocycles. The normalized spacial score (nSPS) is 22.8. The molecule has 1 fully saturated rings. The average molecular weight is 250 g/mol. The molecule has 1 saturated heterocycles. The van der Waals surface area contributed by atoms with Crippen molar-refractivity contribution in [1.82, 2.24) is 0 Å². The van der Waals surface area contributed by atoms with Crippen LogP contribution in [0.4, 0.5) is 5.69 Å². The standard InChI is InChI=1S/C13H18N2O3/c1-8-5-9(17-2)3-4-12(8)15-13(16)10-6-18-7-11(10)14/h3-5,10-11H,6-7,14H2,1-2H3,(H,15,16). The van der Waals surface area contributed by atoms with Crippen LogP contribution in [0.1, 0.15) is 5.56 Å². The number of nitrogens with two attached hydrogens (primary N) is 1. The molecule has 5 nitrogen and oxygen atoms in total. The number of nitrogens with one attached hydrogen (secondary N) is 1. The van der Waals surface area contributed by atoms with Crippen molar-refractivity contribution < 1.29 is 14.3 Å². The average Bonchev–Trinajstić information content (AvgIpc) is 2.78. The van der Waals surface area contributed by atoms with E-state index in [1.54, 1.807) is 7.11 Å². The van der Waals surface area contributed by atoms with Gasteiger partial charge in [0, 0.05) is 11.7 Å². The van der Waals surface area contributed by atoms with Crippen molar-refractivity contribution in [3.8, 4) is 5.75 Å². The Morgan fingerprint density at radius 1 is 1.50 bits per heavy atom. The highest BCUT2D eigenvalue weighted by molar-refractivity contribution is 5.94. The van der Waals surface area contributed by atoms with Gasteiger partial charge in [-0.05, 0) is 30.7 Å². The summed E-state index contributed by atoms with van der Waals surface area (Å²) >= 11 is 0. The molecule has 1 aliphatic heterocycles. The van der Waals surface area contributed by atoms with E-state index < -0.39 is 0 Å². The van der Waals surface area contributed by atoms with Gasteiger partial charge in [-0.25, -0.2) is 0 Å². The minimum Gasteiger partial charge on any atom is -0.497 e. The number of amides is 1. The van der Waals surface area contributed by atoms with E-state index >= 15 is 0 Å². The molecule has 98 valence electrons. The number of rotatable bonds is 3. The zero-order chi connectivity index (χ0) is 13.1. The number of hydrogen-bond donors (Lipinski definition) is 2. The summed E-state index contributed by atoms with van der Waals surface area (Å²) in [5, 5.41) is 2.88. The van der Waals surface area contributed by atoms with Crippen molar-refractivity contribution in [2.45, 2.75) is 13.0 Å². The fraction of sp³-hybridized carbons (Fsp3) is 0.462. The SMILES string of the molecule is COc1ccc(NC(=O)C2COCC2N)c(C)c1. The molecule has 1 heterocycles. The Labute approximate surface area is 106 Å². The Kier molecular flexibility index (Phi) is 3.84. The molecule has 2 rings (SSSR count). The number of carbonyl (C=O) groups is 1. The van der Waals surface area contributed by atoms with Gasteiger partial charge in [-0.2, -0.15) is 0 Å². The minimum atomic E-state index is -0.272. The van der Waals surface area contributed by atoms with Crippen LogP contribution in [0, 0.1) is 12.8 Å². The van der Waals surface area contributed by atoms with Gasteiger partial charge in [-0.3, -0.25) is 4.79 Å². The second kappa shape index (κ2) is 5.37. The number of anilines is 1. The number of carbonyl (C=O) groups excluding carboxylic acids is 1. The van der Waals surface area contributed by atoms with Gasteiger partial charge in [-0.1, -0.05) is 0 Å². The Hall–Kier alpha value is -1.59. The third kappa shape index (κ3) is 2.63. The third-order valence-electron chi connectivity index (χ3n) is 3.15. The van der Waals surface area contributed by atoms with Gasteiger partial charge in [0.2, 0.25) is 5.91 Å². The summed E-state index contributed by atoms with van der Waals surface area (Å²) in [6.45, 7) is 2.76. The molecule has 0 saturated carbocycles. The molecule has 2 unspecified atom stereocenters. The highest BCUT2D eigenvalue weighted by atomic mass is 16.5. The van der Waals surface area contributed by atoms with Gasteiger partial charge in [0.15, 0.2) is 0 Å². The van der Waals surface area contributed by atoms with Crippen LogP contribution in [0.15, 0.2) is 18.2 Å². The maximum atomic E-state index is 12.0. The zero-order valence-corrected chi connectivity index (χ0v) is 10.6. The molecule has 1 aliphatic rings. The summed E-state index contributed by atoms with van der Waals surface area (Å²) in [6.07, 6.45) is 0. The lowest BCUT2D eigenvalue weighted by Gasteiger charge is -2.15. The summed E-state index contributed by atoms with van der Waals surface area (Å²) in [7, 11) is 1.61. The van der Waals surface area contributed by atoms with Crippen LogP contribution in [-0.2, 0) is 9.53 Å². The predicted octanol–water partition coefficient (Wildman–Crippen LogP) is 0.916. The Bertz CT molecular complexity index is 448. The molecular weight excluding hydrogens is 232 g/mol. The van der Waals surface area contributed by atoms with Crippen molar-refractivity contribution in [3.05, 3.63) is 23.8 Å². The van der Waals surface area contributed by atoms with Gasteiger partial charge >= 0.3 is 0 Å². The second-order valence-electron chi connectivity index (χ2n) is 4.48. The first-order chi connectivity index (χ1) is 8.61. The van der Waals surface area contributed by atoms with E-state index in [2.05, 4.69) is 5.32 Å². The van der Waals surface area contributed by atoms with E-state index in [9.17, 15) is 4.79 Å². The molecule has 1 amide bonds. The van der Waals surface area contributed by atoms with E-state index in [1.165, 1.54) is 0 Å². The van der Waals surface area contributed by atoms with Crippen LogP contribution in [0.2, 0.25) is 0 Å². The molecule has 0 spiro atoms. The van der Waals surface area contributed by atoms with Crippen LogP contribution in [0.25, 0.3) is 0 Å². The lowest BCUT2D eigenvalue weighted by Crippen LogP contribution is -2.37. The maximum Gasteiger partial charge on any atom is 0.231 e. The van der Waals surface area contributed by atoms with Crippen LogP contribution in [0.5, 0.6) is 5.75 Å². The van der Waals surface area contributed by atoms with Gasteiger partial charge in [-0.15, -0.1) is 0 Å². The Balaban J connectivity index is 2.07. The van der Waals surface area contributed by atoms with Crippen LogP contribution in [0.3, 0.4) is 0 Å². The summed E-state index contributed by atoms with van der Waals surface area (Å²) in [5.41, 5.74) is 7.54. The van der Waals surface area contributed by atoms with E-state index in [-0.39, 0.29) is 17.9 Å². The monoisotopic (exact) mass is 250 g/mol. The molecule has 18 heavy (non-hydrogen) atoms. The zero-order valence-electron chi connectivity index (χ0n) is 10.6. The topological polar surface area (TPSA) is 73.6 Å². The predicted molar refractivity (Wildman–Crippen MR) is 68.6 cm³/mol. The molecule has 1 aromatic rings. The second-order valence-corrected chi connectivity index (χ2v) is 4.48. The summed E-state index contributed by atoms with van der Waals surface area (Å²) in [6, 6.07) is 5.30. The lowest BCUT2D eigenvalue weighted by molar-refractivity contribution is -0.120. The summed E-state index contributed by atoms with van der Waals surface area (Å²) in [4.78, 5) is 12.0. The molecular formula is C13H18N2O3. The van der Waals surface area contributed by atoms with Gasteiger partial charge < -0.3 is 20.5 Å². The van der Waals surface area contributed by atoms with Gasteiger partial charge in [0.1, 0.15) is 5.75 Å². The molecule has 3 N–H and O–H groups in total. The fourth-order valence-electron chi connectivity index (χ4n) is 1.97. The van der Waals surface area contributed by atoms with E-state index in [0.717, 1.165) is 17.0 Å². The highest BCUT2D eigenvalue weighted by Crippen LogP contribution is 2.22. The third-order valence-corrected chi connectivity index (χ3v) is 3.15. The van der Waals surface area contributed by atoms with Crippen LogP contribution in [-0.4, -0.2) is 32.3 Å². The lowest BCUT2D eigenvalue weighted by atomic mass is 10.0. The van der Waals surface area contributed by atoms with Crippen molar-refractivity contribution in [3.63, 3.8) is 0 Å². The van der Waals surface area contributed by atoms with E-state index in [1.807, 2.05) is 25.1 Å². The van der Waals surface area contributed by atoms with E-state index in [0.29, 0.717) is 13.2 Å². The van der Waals surface area contributed by atoms with Gasteiger partial charge in [0.25, 0.3) is 0 Å². The minimum absolute atomic E-state index is 0.0896. The fourth-order valence-corrected chi connectivity index (χ4v) is 1.97. The smallest absolute Gasteiger partial charge is 0.231 e. The first kappa shape index (κ1) is 12.9. The molecule has 0 aliphatic carbocycles. The number of benzene rings is 1. The quantitative estimate of drug-likeness (QED) is 0.836. The largest absolute Gasteiger partial charge is 0.497 e. The van der Waals surface area contributed by atoms with Crippen molar-refractivity contribution in [2.24, 2.45) is 11.7 Å². The molecule has 2 atom stereocenters. The molecule has 5 heteroatoms. The summed E-state index contributed by atoms with van der Waals surface area (Å²) < 4.78 is 10.3. The number of methoxy groups -OCH3 is 1. The number of ether oxygens (including phenoxy) is 2. The maximum absolute atomic E-state index is 12.0.